The summed E-state index contributed by atoms with van der Waals surface area (Å²) in [7, 11) is 0. The van der Waals surface area contributed by atoms with Gasteiger partial charge in [0.25, 0.3) is 0 Å². The van der Waals surface area contributed by atoms with Crippen molar-refractivity contribution in [3.63, 3.8) is 0 Å². The predicted molar refractivity (Wildman–Crippen MR) is 135 cm³/mol. The molecule has 1 fully saturated rings. The third-order valence-electron chi connectivity index (χ3n) is 5.26. The zero-order valence-corrected chi connectivity index (χ0v) is 20.6. The summed E-state index contributed by atoms with van der Waals surface area (Å²) in [5.74, 6) is 2.54. The zero-order valence-electron chi connectivity index (χ0n) is 17.4. The van der Waals surface area contributed by atoms with Crippen LogP contribution in [0.5, 0.6) is 11.5 Å². The molecule has 0 bridgehead atoms. The van der Waals surface area contributed by atoms with Gasteiger partial charge in [-0.2, -0.15) is 0 Å². The van der Waals surface area contributed by atoms with Crippen molar-refractivity contribution in [1.29, 1.82) is 0 Å². The van der Waals surface area contributed by atoms with E-state index in [2.05, 4.69) is 46.0 Å². The van der Waals surface area contributed by atoms with E-state index >= 15 is 0 Å². The Morgan fingerprint density at radius 1 is 1.17 bits per heavy atom. The van der Waals surface area contributed by atoms with E-state index in [1.807, 2.05) is 23.5 Å². The second kappa shape index (κ2) is 11.6. The Balaban J connectivity index is 0.00000256. The maximum Gasteiger partial charge on any atom is 0.191 e. The largest absolute Gasteiger partial charge is 0.490 e. The van der Waals surface area contributed by atoms with Gasteiger partial charge in [-0.05, 0) is 43.3 Å². The van der Waals surface area contributed by atoms with Crippen molar-refractivity contribution in [3.05, 3.63) is 41.3 Å². The van der Waals surface area contributed by atoms with Crippen molar-refractivity contribution in [1.82, 2.24) is 10.6 Å². The Labute approximate surface area is 200 Å². The second-order valence-corrected chi connectivity index (χ2v) is 8.27. The molecule has 8 heteroatoms. The number of piperidine rings is 1. The van der Waals surface area contributed by atoms with Gasteiger partial charge < -0.3 is 25.0 Å². The Kier molecular flexibility index (Phi) is 8.92. The van der Waals surface area contributed by atoms with Gasteiger partial charge in [0, 0.05) is 37.7 Å². The minimum atomic E-state index is 0. The number of rotatable bonds is 5. The summed E-state index contributed by atoms with van der Waals surface area (Å²) < 4.78 is 11.7. The van der Waals surface area contributed by atoms with Crippen LogP contribution in [0, 0.1) is 0 Å². The van der Waals surface area contributed by atoms with Crippen molar-refractivity contribution >= 4 is 46.3 Å². The van der Waals surface area contributed by atoms with Crippen molar-refractivity contribution < 1.29 is 9.47 Å². The van der Waals surface area contributed by atoms with E-state index in [-0.39, 0.29) is 24.0 Å². The van der Waals surface area contributed by atoms with Crippen LogP contribution < -0.4 is 25.0 Å². The zero-order chi connectivity index (χ0) is 19.9. The number of nitrogens with one attached hydrogen (secondary N) is 2. The molecule has 0 atom stereocenters. The first-order valence-electron chi connectivity index (χ1n) is 10.5. The molecular weight excluding hydrogens is 511 g/mol. The van der Waals surface area contributed by atoms with Crippen molar-refractivity contribution in [3.8, 4) is 11.5 Å². The van der Waals surface area contributed by atoms with Crippen LogP contribution in [-0.2, 0) is 6.54 Å². The molecule has 1 aromatic carbocycles. The third-order valence-corrected chi connectivity index (χ3v) is 6.19. The highest BCUT2D eigenvalue weighted by Gasteiger charge is 2.21. The van der Waals surface area contributed by atoms with E-state index in [1.165, 1.54) is 5.00 Å². The Bertz CT molecular complexity index is 807. The number of nitrogens with zero attached hydrogens (tertiary/aromatic N) is 2. The van der Waals surface area contributed by atoms with Gasteiger partial charge in [0.1, 0.15) is 0 Å². The van der Waals surface area contributed by atoms with Gasteiger partial charge in [-0.25, -0.2) is 4.99 Å². The summed E-state index contributed by atoms with van der Waals surface area (Å²) in [5, 5.41) is 10.5. The number of para-hydroxylation sites is 1. The summed E-state index contributed by atoms with van der Waals surface area (Å²) in [6.45, 7) is 7.05. The summed E-state index contributed by atoms with van der Waals surface area (Å²) in [6.07, 6.45) is 3.13. The van der Waals surface area contributed by atoms with E-state index in [0.29, 0.717) is 25.8 Å². The highest BCUT2D eigenvalue weighted by molar-refractivity contribution is 14.0. The maximum atomic E-state index is 5.93. The Hall–Kier alpha value is -1.68. The van der Waals surface area contributed by atoms with Crippen LogP contribution in [0.2, 0.25) is 0 Å². The van der Waals surface area contributed by atoms with Crippen LogP contribution >= 0.6 is 35.3 Å². The molecule has 6 nitrogen and oxygen atoms in total. The van der Waals surface area contributed by atoms with Crippen LogP contribution in [-0.4, -0.2) is 44.8 Å². The molecule has 0 unspecified atom stereocenters. The van der Waals surface area contributed by atoms with Crippen molar-refractivity contribution in [2.45, 2.75) is 38.8 Å². The minimum Gasteiger partial charge on any atom is -0.490 e. The lowest BCUT2D eigenvalue weighted by molar-refractivity contribution is 0.296. The molecule has 3 heterocycles. The van der Waals surface area contributed by atoms with Crippen LogP contribution in [0.3, 0.4) is 0 Å². The fourth-order valence-electron chi connectivity index (χ4n) is 3.75. The molecule has 0 saturated carbocycles. The molecule has 0 aliphatic carbocycles. The van der Waals surface area contributed by atoms with Gasteiger partial charge in [0.15, 0.2) is 17.5 Å². The molecule has 0 spiro atoms. The SMILES string of the molecule is CCNC(=NCc1cccc2c1OCCCO2)NC1CCN(c2cccs2)CC1.I. The van der Waals surface area contributed by atoms with Crippen molar-refractivity contribution in [2.75, 3.05) is 37.7 Å². The Morgan fingerprint density at radius 2 is 2.00 bits per heavy atom. The van der Waals surface area contributed by atoms with Gasteiger partial charge in [0.05, 0.1) is 24.8 Å². The first-order valence-corrected chi connectivity index (χ1v) is 11.4. The highest BCUT2D eigenvalue weighted by Crippen LogP contribution is 2.33. The number of hydrogen-bond donors (Lipinski definition) is 2. The number of anilines is 1. The average molecular weight is 542 g/mol. The van der Waals surface area contributed by atoms with Crippen LogP contribution in [0.15, 0.2) is 40.7 Å². The molecule has 1 aromatic heterocycles. The molecule has 2 aliphatic rings. The minimum absolute atomic E-state index is 0. The third kappa shape index (κ3) is 5.94. The number of hydrogen-bond acceptors (Lipinski definition) is 5. The predicted octanol–water partition coefficient (Wildman–Crippen LogP) is 4.25. The van der Waals surface area contributed by atoms with Crippen molar-refractivity contribution in [2.24, 2.45) is 4.99 Å². The van der Waals surface area contributed by atoms with E-state index in [4.69, 9.17) is 14.5 Å². The molecular formula is C22H31IN4O2S. The monoisotopic (exact) mass is 542 g/mol. The van der Waals surface area contributed by atoms with Crippen LogP contribution in [0.25, 0.3) is 0 Å². The summed E-state index contributed by atoms with van der Waals surface area (Å²) >= 11 is 1.82. The van der Waals surface area contributed by atoms with Gasteiger partial charge >= 0.3 is 0 Å². The number of ether oxygens (including phenoxy) is 2. The van der Waals surface area contributed by atoms with Gasteiger partial charge in [-0.15, -0.1) is 35.3 Å². The number of aliphatic imine (C=N–C) groups is 1. The number of guanidine groups is 1. The molecule has 30 heavy (non-hydrogen) atoms. The van der Waals surface area contributed by atoms with E-state index in [1.54, 1.807) is 0 Å². The molecule has 0 amide bonds. The lowest BCUT2D eigenvalue weighted by Gasteiger charge is -2.33. The number of halogens is 1. The molecule has 4 rings (SSSR count). The van der Waals surface area contributed by atoms with E-state index < -0.39 is 0 Å². The van der Waals surface area contributed by atoms with E-state index in [9.17, 15) is 0 Å². The summed E-state index contributed by atoms with van der Waals surface area (Å²) in [4.78, 5) is 7.31. The molecule has 2 N–H and O–H groups in total. The Morgan fingerprint density at radius 3 is 2.77 bits per heavy atom. The molecule has 1 saturated heterocycles. The topological polar surface area (TPSA) is 58.1 Å². The van der Waals surface area contributed by atoms with Crippen LogP contribution in [0.4, 0.5) is 5.00 Å². The van der Waals surface area contributed by atoms with Gasteiger partial charge in [-0.1, -0.05) is 12.1 Å². The highest BCUT2D eigenvalue weighted by atomic mass is 127. The van der Waals surface area contributed by atoms with Gasteiger partial charge in [0.2, 0.25) is 0 Å². The normalized spacial score (nSPS) is 17.1. The smallest absolute Gasteiger partial charge is 0.191 e. The molecule has 164 valence electrons. The fourth-order valence-corrected chi connectivity index (χ4v) is 4.54. The summed E-state index contributed by atoms with van der Waals surface area (Å²) in [5.41, 5.74) is 1.06. The quantitative estimate of drug-likeness (QED) is 0.336. The first-order chi connectivity index (χ1) is 14.3. The lowest BCUT2D eigenvalue weighted by atomic mass is 10.1. The second-order valence-electron chi connectivity index (χ2n) is 7.35. The number of benzene rings is 1. The molecule has 0 radical (unpaired) electrons. The lowest BCUT2D eigenvalue weighted by Crippen LogP contribution is -2.48. The maximum absolute atomic E-state index is 5.93. The standard InChI is InChI=1S/C22H30N4O2S.HI/c1-2-23-22(25-18-9-11-26(12-10-18)20-8-4-15-29-20)24-16-17-6-3-7-19-21(17)28-14-5-13-27-19;/h3-4,6-8,15,18H,2,5,9-14,16H2,1H3,(H2,23,24,25);1H. The molecule has 2 aliphatic heterocycles. The van der Waals surface area contributed by atoms with E-state index in [0.717, 1.165) is 61.9 Å². The molecule has 2 aromatic rings. The summed E-state index contributed by atoms with van der Waals surface area (Å²) in [6, 6.07) is 10.8. The van der Waals surface area contributed by atoms with Crippen LogP contribution in [0.1, 0.15) is 31.7 Å². The first kappa shape index (κ1) is 23.0. The average Bonchev–Trinajstić information content (AvgIpc) is 3.17. The number of fused-ring (bicyclic) bond motifs is 1. The number of thiophene rings is 1. The van der Waals surface area contributed by atoms with Gasteiger partial charge in [-0.3, -0.25) is 0 Å². The fraction of sp³-hybridized carbons (Fsp3) is 0.500.